The van der Waals surface area contributed by atoms with Gasteiger partial charge in [-0.05, 0) is 44.4 Å². The Hall–Kier alpha value is -2.53. The Labute approximate surface area is 175 Å². The molecule has 0 radical (unpaired) electrons. The van der Waals surface area contributed by atoms with Crippen LogP contribution in [-0.2, 0) is 17.5 Å². The fourth-order valence-electron chi connectivity index (χ4n) is 4.46. The molecule has 1 saturated carbocycles. The summed E-state index contributed by atoms with van der Waals surface area (Å²) in [7, 11) is 1.67. The largest absolute Gasteiger partial charge is 0.417 e. The normalized spacial score (nSPS) is 19.5. The first-order chi connectivity index (χ1) is 14.4. The molecule has 1 aromatic carbocycles. The third kappa shape index (κ3) is 4.78. The maximum atomic E-state index is 13.4. The molecular weight excluding hydrogens is 393 g/mol. The van der Waals surface area contributed by atoms with Crippen LogP contribution in [0.25, 0.3) is 0 Å². The molecule has 0 unspecified atom stereocenters. The van der Waals surface area contributed by atoms with Gasteiger partial charge in [0.15, 0.2) is 0 Å². The van der Waals surface area contributed by atoms with E-state index in [2.05, 4.69) is 9.55 Å². The number of nitrogens with zero attached hydrogens (tertiary/aromatic N) is 4. The maximum absolute atomic E-state index is 13.4. The number of alkyl halides is 3. The molecule has 0 spiro atoms. The minimum absolute atomic E-state index is 0.133. The summed E-state index contributed by atoms with van der Waals surface area (Å²) in [6.45, 7) is 3.89. The van der Waals surface area contributed by atoms with Crippen molar-refractivity contribution in [1.82, 2.24) is 9.55 Å². The van der Waals surface area contributed by atoms with E-state index >= 15 is 0 Å². The Kier molecular flexibility index (Phi) is 7.03. The third-order valence-electron chi connectivity index (χ3n) is 5.89. The van der Waals surface area contributed by atoms with E-state index in [1.165, 1.54) is 6.07 Å². The lowest BCUT2D eigenvalue weighted by molar-refractivity contribution is -0.137. The van der Waals surface area contributed by atoms with Crippen molar-refractivity contribution in [3.63, 3.8) is 0 Å². The standard InChI is InChI=1S/C22H27F3N4O/c1-3-29(19-8-7-17(13-26)20(12-19)22(23,24)25)18-6-4-5-16(11-18)21-14-27-15-28(21)9-10-30-2/h7-8,12,14-16,18H,3-6,9-11H2,1-2H3/t16-,18+/m1/s1. The number of benzene rings is 1. The number of rotatable bonds is 7. The van der Waals surface area contributed by atoms with Gasteiger partial charge in [0, 0.05) is 49.7 Å². The highest BCUT2D eigenvalue weighted by Gasteiger charge is 2.35. The molecule has 1 heterocycles. The average molecular weight is 420 g/mol. The second-order valence-electron chi connectivity index (χ2n) is 7.65. The van der Waals surface area contributed by atoms with Gasteiger partial charge < -0.3 is 14.2 Å². The molecule has 1 aliphatic rings. The number of hydrogen-bond donors (Lipinski definition) is 0. The molecule has 162 valence electrons. The Morgan fingerprint density at radius 2 is 2.13 bits per heavy atom. The summed E-state index contributed by atoms with van der Waals surface area (Å²) in [6, 6.07) is 5.82. The summed E-state index contributed by atoms with van der Waals surface area (Å²) >= 11 is 0. The van der Waals surface area contributed by atoms with E-state index < -0.39 is 11.7 Å². The van der Waals surface area contributed by atoms with Crippen LogP contribution in [0.15, 0.2) is 30.7 Å². The van der Waals surface area contributed by atoms with Crippen LogP contribution in [0.1, 0.15) is 55.3 Å². The van der Waals surface area contributed by atoms with Crippen LogP contribution in [0.5, 0.6) is 0 Å². The van der Waals surface area contributed by atoms with Crippen molar-refractivity contribution in [3.05, 3.63) is 47.5 Å². The Morgan fingerprint density at radius 1 is 1.33 bits per heavy atom. The van der Waals surface area contributed by atoms with Crippen LogP contribution in [0.4, 0.5) is 18.9 Å². The quantitative estimate of drug-likeness (QED) is 0.634. The molecular formula is C22H27F3N4O. The van der Waals surface area contributed by atoms with Gasteiger partial charge in [0.2, 0.25) is 0 Å². The highest BCUT2D eigenvalue weighted by atomic mass is 19.4. The van der Waals surface area contributed by atoms with Crippen molar-refractivity contribution >= 4 is 5.69 Å². The topological polar surface area (TPSA) is 54.1 Å². The van der Waals surface area contributed by atoms with Crippen molar-refractivity contribution in [2.45, 2.75) is 57.3 Å². The fraction of sp³-hybridized carbons (Fsp3) is 0.545. The zero-order valence-corrected chi connectivity index (χ0v) is 17.3. The second-order valence-corrected chi connectivity index (χ2v) is 7.65. The van der Waals surface area contributed by atoms with Gasteiger partial charge in [-0.2, -0.15) is 18.4 Å². The van der Waals surface area contributed by atoms with Crippen LogP contribution in [0.2, 0.25) is 0 Å². The Balaban J connectivity index is 1.84. The van der Waals surface area contributed by atoms with E-state index in [4.69, 9.17) is 10.00 Å². The molecule has 5 nitrogen and oxygen atoms in total. The third-order valence-corrected chi connectivity index (χ3v) is 5.89. The van der Waals surface area contributed by atoms with Gasteiger partial charge >= 0.3 is 6.18 Å². The summed E-state index contributed by atoms with van der Waals surface area (Å²) in [5, 5.41) is 9.06. The number of anilines is 1. The molecule has 1 aromatic heterocycles. The number of hydrogen-bond acceptors (Lipinski definition) is 4. The van der Waals surface area contributed by atoms with Gasteiger partial charge in [-0.15, -0.1) is 0 Å². The fourth-order valence-corrected chi connectivity index (χ4v) is 4.46. The van der Waals surface area contributed by atoms with Crippen molar-refractivity contribution < 1.29 is 17.9 Å². The smallest absolute Gasteiger partial charge is 0.383 e. The first-order valence-corrected chi connectivity index (χ1v) is 10.3. The molecule has 2 aromatic rings. The molecule has 2 atom stereocenters. The van der Waals surface area contributed by atoms with Gasteiger partial charge in [0.05, 0.1) is 30.1 Å². The van der Waals surface area contributed by atoms with Crippen LogP contribution in [0.3, 0.4) is 0 Å². The molecule has 0 amide bonds. The molecule has 0 N–H and O–H groups in total. The number of halogens is 3. The molecule has 1 aliphatic carbocycles. The molecule has 0 aliphatic heterocycles. The highest BCUT2D eigenvalue weighted by Crippen LogP contribution is 2.39. The Bertz CT molecular complexity index is 887. The number of imidazole rings is 1. The van der Waals surface area contributed by atoms with E-state index in [-0.39, 0.29) is 11.6 Å². The van der Waals surface area contributed by atoms with Crippen molar-refractivity contribution in [3.8, 4) is 6.07 Å². The van der Waals surface area contributed by atoms with Crippen LogP contribution in [-0.4, -0.2) is 35.9 Å². The van der Waals surface area contributed by atoms with Gasteiger partial charge in [0.1, 0.15) is 0 Å². The van der Waals surface area contributed by atoms with E-state index in [9.17, 15) is 13.2 Å². The first-order valence-electron chi connectivity index (χ1n) is 10.3. The molecule has 30 heavy (non-hydrogen) atoms. The lowest BCUT2D eigenvalue weighted by atomic mass is 9.82. The van der Waals surface area contributed by atoms with Crippen LogP contribution < -0.4 is 4.90 Å². The lowest BCUT2D eigenvalue weighted by Gasteiger charge is -2.39. The van der Waals surface area contributed by atoms with Crippen LogP contribution in [0, 0.1) is 11.3 Å². The van der Waals surface area contributed by atoms with Gasteiger partial charge in [-0.25, -0.2) is 4.98 Å². The zero-order valence-electron chi connectivity index (χ0n) is 17.3. The summed E-state index contributed by atoms with van der Waals surface area (Å²) in [5.41, 5.74) is 0.461. The minimum Gasteiger partial charge on any atom is -0.383 e. The summed E-state index contributed by atoms with van der Waals surface area (Å²) in [6.07, 6.45) is 2.97. The summed E-state index contributed by atoms with van der Waals surface area (Å²) in [5.74, 6) is 0.303. The lowest BCUT2D eigenvalue weighted by Crippen LogP contribution is -2.39. The molecule has 1 fully saturated rings. The van der Waals surface area contributed by atoms with Crippen LogP contribution >= 0.6 is 0 Å². The predicted octanol–water partition coefficient (Wildman–Crippen LogP) is 4.97. The van der Waals surface area contributed by atoms with Gasteiger partial charge in [-0.3, -0.25) is 0 Å². The van der Waals surface area contributed by atoms with Gasteiger partial charge in [-0.1, -0.05) is 6.42 Å². The van der Waals surface area contributed by atoms with E-state index in [1.54, 1.807) is 19.2 Å². The van der Waals surface area contributed by atoms with Crippen molar-refractivity contribution in [1.29, 1.82) is 5.26 Å². The first kappa shape index (κ1) is 22.2. The number of methoxy groups -OCH3 is 1. The number of nitriles is 1. The van der Waals surface area contributed by atoms with E-state index in [0.29, 0.717) is 24.8 Å². The van der Waals surface area contributed by atoms with E-state index in [0.717, 1.165) is 44.0 Å². The highest BCUT2D eigenvalue weighted by molar-refractivity contribution is 5.55. The summed E-state index contributed by atoms with van der Waals surface area (Å²) < 4.78 is 47.6. The zero-order chi connectivity index (χ0) is 21.7. The average Bonchev–Trinajstić information content (AvgIpc) is 3.21. The molecule has 0 saturated heterocycles. The van der Waals surface area contributed by atoms with Crippen molar-refractivity contribution in [2.75, 3.05) is 25.2 Å². The van der Waals surface area contributed by atoms with Gasteiger partial charge in [0.25, 0.3) is 0 Å². The number of aromatic nitrogens is 2. The second kappa shape index (κ2) is 9.52. The Morgan fingerprint density at radius 3 is 2.80 bits per heavy atom. The molecule has 8 heteroatoms. The molecule has 0 bridgehead atoms. The van der Waals surface area contributed by atoms with E-state index in [1.807, 2.05) is 24.3 Å². The molecule has 3 rings (SSSR count). The maximum Gasteiger partial charge on any atom is 0.417 e. The number of ether oxygens (including phenoxy) is 1. The van der Waals surface area contributed by atoms with Crippen molar-refractivity contribution in [2.24, 2.45) is 0 Å². The SMILES string of the molecule is CCN(c1ccc(C#N)c(C(F)(F)F)c1)[C@H]1CCC[C@@H](c2cncn2CCOC)C1. The minimum atomic E-state index is -4.55. The predicted molar refractivity (Wildman–Crippen MR) is 108 cm³/mol. The monoisotopic (exact) mass is 420 g/mol. The summed E-state index contributed by atoms with van der Waals surface area (Å²) in [4.78, 5) is 6.33.